The molecule has 1 fully saturated rings. The molecule has 0 saturated carbocycles. The number of carbonyl (C=O) groups excluding carboxylic acids is 6. The second-order valence-electron chi connectivity index (χ2n) is 12.1. The Labute approximate surface area is 262 Å². The van der Waals surface area contributed by atoms with Crippen LogP contribution in [-0.4, -0.2) is 75.6 Å². The van der Waals surface area contributed by atoms with E-state index in [2.05, 4.69) is 31.6 Å². The zero-order valence-electron chi connectivity index (χ0n) is 26.1. The van der Waals surface area contributed by atoms with Gasteiger partial charge < -0.3 is 31.6 Å². The number of benzene rings is 1. The van der Waals surface area contributed by atoms with Crippen LogP contribution in [0, 0.1) is 11.8 Å². The van der Waals surface area contributed by atoms with Crippen LogP contribution in [0.15, 0.2) is 30.5 Å². The molecule has 1 aliphatic heterocycles. The number of aromatic amines is 1. The number of para-hydroxylation sites is 1. The van der Waals surface area contributed by atoms with Gasteiger partial charge in [0, 0.05) is 36.2 Å². The Morgan fingerprint density at radius 3 is 2.09 bits per heavy atom. The third-order valence-electron chi connectivity index (χ3n) is 7.22. The summed E-state index contributed by atoms with van der Waals surface area (Å²) in [6.45, 7) is 10.4. The monoisotopic (exact) mass is 628 g/mol. The summed E-state index contributed by atoms with van der Waals surface area (Å²) in [5.74, 6) is -2.87. The van der Waals surface area contributed by atoms with E-state index < -0.39 is 59.7 Å². The zero-order chi connectivity index (χ0) is 32.6. The van der Waals surface area contributed by atoms with Crippen LogP contribution < -0.4 is 26.6 Å². The minimum atomic E-state index is -1.11. The summed E-state index contributed by atoms with van der Waals surface area (Å²) in [4.78, 5) is 82.2. The molecule has 1 aliphatic rings. The highest BCUT2D eigenvalue weighted by atomic mass is 32.2. The molecule has 1 aromatic carbocycles. The first-order valence-electron chi connectivity index (χ1n) is 14.9. The third-order valence-corrected chi connectivity index (χ3v) is 8.29. The summed E-state index contributed by atoms with van der Waals surface area (Å²) in [5, 5.41) is 14.0. The lowest BCUT2D eigenvalue weighted by molar-refractivity contribution is -0.134. The predicted molar refractivity (Wildman–Crippen MR) is 169 cm³/mol. The SMILES string of the molecule is CC(=O)N[C@H]1CSC(=O)[C@H](CC(C)C)NC(=O)[C@H](CC(C)C)NC(=O)[C@H](Cc2c[nH]c3ccccc23)NC(=O)[C@H](C)NC1=O. The number of hydrogen-bond acceptors (Lipinski definition) is 7. The predicted octanol–water partition coefficient (Wildman–Crippen LogP) is 1.54. The van der Waals surface area contributed by atoms with Gasteiger partial charge in [0.05, 0.1) is 6.04 Å². The normalized spacial score (nSPS) is 24.5. The van der Waals surface area contributed by atoms with Gasteiger partial charge in [0.25, 0.3) is 0 Å². The maximum atomic E-state index is 13.8. The van der Waals surface area contributed by atoms with Gasteiger partial charge in [-0.15, -0.1) is 0 Å². The number of hydrogen-bond donors (Lipinski definition) is 6. The molecule has 1 saturated heterocycles. The molecule has 2 heterocycles. The van der Waals surface area contributed by atoms with Gasteiger partial charge in [-0.1, -0.05) is 57.7 Å². The van der Waals surface area contributed by atoms with Crippen LogP contribution in [0.5, 0.6) is 0 Å². The van der Waals surface area contributed by atoms with Crippen LogP contribution in [0.2, 0.25) is 0 Å². The molecule has 3 rings (SSSR count). The lowest BCUT2D eigenvalue weighted by atomic mass is 9.99. The number of H-pyrrole nitrogens is 1. The van der Waals surface area contributed by atoms with Crippen molar-refractivity contribution in [2.24, 2.45) is 11.8 Å². The fourth-order valence-electron chi connectivity index (χ4n) is 5.03. The summed E-state index contributed by atoms with van der Waals surface area (Å²) in [6, 6.07) is 2.43. The van der Waals surface area contributed by atoms with Crippen molar-refractivity contribution in [1.82, 2.24) is 31.6 Å². The number of thioether (sulfide) groups is 1. The van der Waals surface area contributed by atoms with Crippen molar-refractivity contribution in [2.75, 3.05) is 5.75 Å². The van der Waals surface area contributed by atoms with E-state index in [0.29, 0.717) is 12.8 Å². The second-order valence-corrected chi connectivity index (χ2v) is 13.1. The summed E-state index contributed by atoms with van der Waals surface area (Å²) in [7, 11) is 0. The molecular formula is C31H44N6O6S. The van der Waals surface area contributed by atoms with Gasteiger partial charge >= 0.3 is 0 Å². The van der Waals surface area contributed by atoms with Crippen LogP contribution in [0.25, 0.3) is 10.9 Å². The molecule has 240 valence electrons. The smallest absolute Gasteiger partial charge is 0.244 e. The maximum Gasteiger partial charge on any atom is 0.244 e. The minimum absolute atomic E-state index is 0.0283. The molecule has 2 aromatic rings. The molecule has 12 nitrogen and oxygen atoms in total. The van der Waals surface area contributed by atoms with E-state index in [-0.39, 0.29) is 29.1 Å². The topological polar surface area (TPSA) is 178 Å². The highest BCUT2D eigenvalue weighted by Crippen LogP contribution is 2.20. The Morgan fingerprint density at radius 1 is 0.841 bits per heavy atom. The van der Waals surface area contributed by atoms with E-state index in [1.165, 1.54) is 13.8 Å². The van der Waals surface area contributed by atoms with Crippen molar-refractivity contribution in [3.05, 3.63) is 36.0 Å². The van der Waals surface area contributed by atoms with E-state index >= 15 is 0 Å². The van der Waals surface area contributed by atoms with Crippen LogP contribution in [0.1, 0.15) is 59.9 Å². The Morgan fingerprint density at radius 2 is 1.43 bits per heavy atom. The third kappa shape index (κ3) is 9.83. The van der Waals surface area contributed by atoms with E-state index in [0.717, 1.165) is 28.2 Å². The van der Waals surface area contributed by atoms with E-state index in [1.807, 2.05) is 52.0 Å². The number of aromatic nitrogens is 1. The van der Waals surface area contributed by atoms with Gasteiger partial charge in [0.2, 0.25) is 34.7 Å². The zero-order valence-corrected chi connectivity index (χ0v) is 26.9. The maximum absolute atomic E-state index is 13.8. The van der Waals surface area contributed by atoms with E-state index in [1.54, 1.807) is 6.20 Å². The summed E-state index contributed by atoms with van der Waals surface area (Å²) >= 11 is 0.819. The highest BCUT2D eigenvalue weighted by molar-refractivity contribution is 8.13. The van der Waals surface area contributed by atoms with Gasteiger partial charge in [0.1, 0.15) is 24.2 Å². The van der Waals surface area contributed by atoms with Crippen molar-refractivity contribution in [2.45, 2.75) is 91.0 Å². The van der Waals surface area contributed by atoms with Crippen molar-refractivity contribution in [3.8, 4) is 0 Å². The van der Waals surface area contributed by atoms with Gasteiger partial charge in [0.15, 0.2) is 0 Å². The van der Waals surface area contributed by atoms with Crippen LogP contribution in [0.4, 0.5) is 0 Å². The average molecular weight is 629 g/mol. The van der Waals surface area contributed by atoms with Crippen LogP contribution >= 0.6 is 11.8 Å². The van der Waals surface area contributed by atoms with Gasteiger partial charge in [-0.25, -0.2) is 0 Å². The van der Waals surface area contributed by atoms with Crippen molar-refractivity contribution < 1.29 is 28.8 Å². The molecular weight excluding hydrogens is 584 g/mol. The van der Waals surface area contributed by atoms with Crippen molar-refractivity contribution >= 4 is 57.3 Å². The first-order valence-corrected chi connectivity index (χ1v) is 15.9. The van der Waals surface area contributed by atoms with Crippen molar-refractivity contribution in [1.29, 1.82) is 0 Å². The standard InChI is InChI=1S/C31H44N6O6S/c1-16(2)11-23-28(40)37-25(12-17(3)4)31(43)44-15-26(34-19(6)38)30(42)33-18(5)27(39)35-24(29(41)36-23)13-20-14-32-22-10-8-7-9-21(20)22/h7-10,14,16-18,23-26,32H,11-13,15H2,1-6H3,(H,33,42)(H,34,38)(H,35,39)(H,36,41)(H,37,40)/t18-,23-,24-,25-,26-/m0/s1. The fourth-order valence-corrected chi connectivity index (χ4v) is 5.96. The lowest BCUT2D eigenvalue weighted by Crippen LogP contribution is -2.59. The molecule has 0 unspecified atom stereocenters. The largest absolute Gasteiger partial charge is 0.361 e. The highest BCUT2D eigenvalue weighted by Gasteiger charge is 2.33. The molecule has 5 amide bonds. The number of amides is 5. The van der Waals surface area contributed by atoms with Crippen LogP contribution in [-0.2, 0) is 35.2 Å². The number of rotatable bonds is 7. The fraction of sp³-hybridized carbons (Fsp3) is 0.548. The Bertz CT molecular complexity index is 1370. The van der Waals surface area contributed by atoms with Gasteiger partial charge in [-0.05, 0) is 43.2 Å². The number of carbonyl (C=O) groups is 6. The first kappa shape index (κ1) is 34.6. The quantitative estimate of drug-likeness (QED) is 0.269. The van der Waals surface area contributed by atoms with E-state index in [9.17, 15) is 28.8 Å². The van der Waals surface area contributed by atoms with Gasteiger partial charge in [-0.2, -0.15) is 0 Å². The Kier molecular flexibility index (Phi) is 12.4. The Hall–Kier alpha value is -3.87. The summed E-state index contributed by atoms with van der Waals surface area (Å²) in [6.07, 6.45) is 2.52. The molecule has 44 heavy (non-hydrogen) atoms. The molecule has 0 radical (unpaired) electrons. The molecule has 6 N–H and O–H groups in total. The lowest BCUT2D eigenvalue weighted by Gasteiger charge is -2.28. The van der Waals surface area contributed by atoms with Crippen LogP contribution in [0.3, 0.4) is 0 Å². The first-order chi connectivity index (χ1) is 20.7. The average Bonchev–Trinajstić information content (AvgIpc) is 3.35. The number of fused-ring (bicyclic) bond motifs is 1. The Balaban J connectivity index is 2.00. The molecule has 0 bridgehead atoms. The second kappa shape index (κ2) is 15.7. The molecule has 0 aliphatic carbocycles. The molecule has 0 spiro atoms. The molecule has 13 heteroatoms. The molecule has 1 aromatic heterocycles. The van der Waals surface area contributed by atoms with E-state index in [4.69, 9.17) is 0 Å². The number of nitrogens with one attached hydrogen (secondary N) is 6. The van der Waals surface area contributed by atoms with Crippen molar-refractivity contribution in [3.63, 3.8) is 0 Å². The summed E-state index contributed by atoms with van der Waals surface area (Å²) < 4.78 is 0. The minimum Gasteiger partial charge on any atom is -0.361 e. The molecule has 5 atom stereocenters. The van der Waals surface area contributed by atoms with Gasteiger partial charge in [-0.3, -0.25) is 28.8 Å². The summed E-state index contributed by atoms with van der Waals surface area (Å²) in [5.41, 5.74) is 1.64.